The molecule has 3 aromatic rings. The van der Waals surface area contributed by atoms with E-state index >= 15 is 0 Å². The molecule has 0 radical (unpaired) electrons. The number of fused-ring (bicyclic) bond motifs is 1. The van der Waals surface area contributed by atoms with E-state index in [1.54, 1.807) is 11.3 Å². The Labute approximate surface area is 109 Å². The molecule has 1 N–H and O–H groups in total. The maximum absolute atomic E-state index is 4.44. The van der Waals surface area contributed by atoms with Crippen LogP contribution in [0.25, 0.3) is 10.2 Å². The average molecular weight is 256 g/mol. The molecule has 90 valence electrons. The summed E-state index contributed by atoms with van der Waals surface area (Å²) in [5.41, 5.74) is 1.07. The maximum Gasteiger partial charge on any atom is 0.224 e. The summed E-state index contributed by atoms with van der Waals surface area (Å²) in [6, 6.07) is 7.96. The predicted molar refractivity (Wildman–Crippen MR) is 73.8 cm³/mol. The first-order valence-corrected chi connectivity index (χ1v) is 6.64. The minimum Gasteiger partial charge on any atom is -0.354 e. The van der Waals surface area contributed by atoms with Gasteiger partial charge in [0.15, 0.2) is 0 Å². The van der Waals surface area contributed by atoms with Crippen LogP contribution in [0, 0.1) is 0 Å². The quantitative estimate of drug-likeness (QED) is 0.779. The molecule has 3 heterocycles. The summed E-state index contributed by atoms with van der Waals surface area (Å²) in [7, 11) is 0. The van der Waals surface area contributed by atoms with Gasteiger partial charge in [0.25, 0.3) is 0 Å². The molecular weight excluding hydrogens is 244 g/mol. The second-order valence-corrected chi connectivity index (χ2v) is 4.77. The van der Waals surface area contributed by atoms with Crippen LogP contribution in [-0.4, -0.2) is 21.5 Å². The summed E-state index contributed by atoms with van der Waals surface area (Å²) < 4.78 is 0. The highest BCUT2D eigenvalue weighted by atomic mass is 32.1. The molecule has 3 aromatic heterocycles. The van der Waals surface area contributed by atoms with Crippen LogP contribution in [0.1, 0.15) is 5.69 Å². The number of pyridine rings is 1. The Kier molecular flexibility index (Phi) is 3.14. The van der Waals surface area contributed by atoms with Crippen molar-refractivity contribution in [3.63, 3.8) is 0 Å². The third kappa shape index (κ3) is 2.46. The zero-order valence-corrected chi connectivity index (χ0v) is 10.5. The van der Waals surface area contributed by atoms with Crippen LogP contribution in [0.5, 0.6) is 0 Å². The van der Waals surface area contributed by atoms with Crippen LogP contribution in [0.2, 0.25) is 0 Å². The van der Waals surface area contributed by atoms with Crippen LogP contribution in [-0.2, 0) is 6.42 Å². The second kappa shape index (κ2) is 5.10. The van der Waals surface area contributed by atoms with Crippen molar-refractivity contribution in [2.24, 2.45) is 0 Å². The zero-order valence-electron chi connectivity index (χ0n) is 9.71. The Morgan fingerprint density at radius 2 is 2.17 bits per heavy atom. The number of thiophene rings is 1. The molecule has 0 aliphatic heterocycles. The second-order valence-electron chi connectivity index (χ2n) is 3.87. The Balaban J connectivity index is 1.62. The molecule has 0 amide bonds. The topological polar surface area (TPSA) is 50.7 Å². The number of nitrogens with one attached hydrogen (secondary N) is 1. The van der Waals surface area contributed by atoms with Gasteiger partial charge >= 0.3 is 0 Å². The van der Waals surface area contributed by atoms with Gasteiger partial charge in [-0.25, -0.2) is 9.97 Å². The maximum atomic E-state index is 4.44. The first kappa shape index (κ1) is 11.1. The summed E-state index contributed by atoms with van der Waals surface area (Å²) in [5, 5.41) is 6.34. The highest BCUT2D eigenvalue weighted by Crippen LogP contribution is 2.18. The van der Waals surface area contributed by atoms with E-state index in [1.807, 2.05) is 42.0 Å². The first-order valence-electron chi connectivity index (χ1n) is 5.76. The minimum atomic E-state index is 0.681. The monoisotopic (exact) mass is 256 g/mol. The standard InChI is InChI=1S/C13H12N4S/c1-2-6-14-11(3-1)4-7-15-13-16-9-10-5-8-18-12(10)17-13/h1-3,5-6,8-9H,4,7H2,(H,15,16,17). The Bertz CT molecular complexity index is 636. The van der Waals surface area contributed by atoms with Gasteiger partial charge in [0.1, 0.15) is 4.83 Å². The Morgan fingerprint density at radius 3 is 3.06 bits per heavy atom. The van der Waals surface area contributed by atoms with Gasteiger partial charge in [-0.15, -0.1) is 11.3 Å². The number of hydrogen-bond acceptors (Lipinski definition) is 5. The first-order chi connectivity index (χ1) is 8.92. The normalized spacial score (nSPS) is 10.7. The zero-order chi connectivity index (χ0) is 12.2. The molecule has 0 saturated carbocycles. The molecule has 0 unspecified atom stereocenters. The van der Waals surface area contributed by atoms with E-state index < -0.39 is 0 Å². The van der Waals surface area contributed by atoms with E-state index in [0.29, 0.717) is 5.95 Å². The molecule has 0 fully saturated rings. The molecule has 0 aliphatic carbocycles. The number of anilines is 1. The minimum absolute atomic E-state index is 0.681. The fourth-order valence-corrected chi connectivity index (χ4v) is 2.43. The highest BCUT2D eigenvalue weighted by molar-refractivity contribution is 7.16. The highest BCUT2D eigenvalue weighted by Gasteiger charge is 2.00. The predicted octanol–water partition coefficient (Wildman–Crippen LogP) is 2.74. The summed E-state index contributed by atoms with van der Waals surface area (Å²) >= 11 is 1.63. The molecule has 5 heteroatoms. The smallest absolute Gasteiger partial charge is 0.224 e. The van der Waals surface area contributed by atoms with Crippen molar-refractivity contribution in [2.75, 3.05) is 11.9 Å². The van der Waals surface area contributed by atoms with Crippen LogP contribution in [0.15, 0.2) is 42.0 Å². The SMILES string of the molecule is c1ccc(CCNc2ncc3ccsc3n2)nc1. The van der Waals surface area contributed by atoms with E-state index in [-0.39, 0.29) is 0 Å². The molecule has 18 heavy (non-hydrogen) atoms. The van der Waals surface area contributed by atoms with Gasteiger partial charge in [0, 0.05) is 36.4 Å². The van der Waals surface area contributed by atoms with Crippen molar-refractivity contribution in [1.29, 1.82) is 0 Å². The van der Waals surface area contributed by atoms with Crippen molar-refractivity contribution in [3.05, 3.63) is 47.7 Å². The van der Waals surface area contributed by atoms with Gasteiger partial charge < -0.3 is 5.32 Å². The van der Waals surface area contributed by atoms with Gasteiger partial charge in [-0.2, -0.15) is 0 Å². The van der Waals surface area contributed by atoms with Crippen molar-refractivity contribution < 1.29 is 0 Å². The summed E-state index contributed by atoms with van der Waals surface area (Å²) in [5.74, 6) is 0.681. The van der Waals surface area contributed by atoms with Crippen LogP contribution >= 0.6 is 11.3 Å². The summed E-state index contributed by atoms with van der Waals surface area (Å²) in [4.78, 5) is 14.0. The summed E-state index contributed by atoms with van der Waals surface area (Å²) in [6.45, 7) is 0.786. The molecule has 0 saturated heterocycles. The number of nitrogens with zero attached hydrogens (tertiary/aromatic N) is 3. The van der Waals surface area contributed by atoms with Crippen LogP contribution in [0.3, 0.4) is 0 Å². The van der Waals surface area contributed by atoms with Gasteiger partial charge in [-0.1, -0.05) is 6.07 Å². The van der Waals surface area contributed by atoms with Crippen LogP contribution in [0.4, 0.5) is 5.95 Å². The lowest BCUT2D eigenvalue weighted by Crippen LogP contribution is -2.08. The molecule has 4 nitrogen and oxygen atoms in total. The van der Waals surface area contributed by atoms with Gasteiger partial charge in [0.2, 0.25) is 5.95 Å². The number of aromatic nitrogens is 3. The molecular formula is C13H12N4S. The molecule has 0 atom stereocenters. The molecule has 3 rings (SSSR count). The van der Waals surface area contributed by atoms with E-state index in [4.69, 9.17) is 0 Å². The van der Waals surface area contributed by atoms with E-state index in [1.165, 1.54) is 0 Å². The van der Waals surface area contributed by atoms with Gasteiger partial charge in [0.05, 0.1) is 0 Å². The third-order valence-electron chi connectivity index (χ3n) is 2.60. The fourth-order valence-electron chi connectivity index (χ4n) is 1.69. The third-order valence-corrected chi connectivity index (χ3v) is 3.42. The average Bonchev–Trinajstić information content (AvgIpc) is 2.87. The number of rotatable bonds is 4. The van der Waals surface area contributed by atoms with Crippen LogP contribution < -0.4 is 5.32 Å². The Morgan fingerprint density at radius 1 is 1.17 bits per heavy atom. The van der Waals surface area contributed by atoms with Gasteiger partial charge in [-0.05, 0) is 23.6 Å². The van der Waals surface area contributed by atoms with E-state index in [0.717, 1.165) is 28.9 Å². The lowest BCUT2D eigenvalue weighted by Gasteiger charge is -2.03. The largest absolute Gasteiger partial charge is 0.354 e. The van der Waals surface area contributed by atoms with Gasteiger partial charge in [-0.3, -0.25) is 4.98 Å². The van der Waals surface area contributed by atoms with Crippen molar-refractivity contribution in [3.8, 4) is 0 Å². The molecule has 0 aromatic carbocycles. The van der Waals surface area contributed by atoms with Crippen molar-refractivity contribution in [1.82, 2.24) is 15.0 Å². The van der Waals surface area contributed by atoms with Crippen molar-refractivity contribution >= 4 is 27.5 Å². The summed E-state index contributed by atoms with van der Waals surface area (Å²) in [6.07, 6.45) is 4.53. The fraction of sp³-hybridized carbons (Fsp3) is 0.154. The molecule has 0 bridgehead atoms. The molecule has 0 aliphatic rings. The molecule has 0 spiro atoms. The lowest BCUT2D eigenvalue weighted by molar-refractivity contribution is 0.945. The lowest BCUT2D eigenvalue weighted by atomic mass is 10.3. The van der Waals surface area contributed by atoms with E-state index in [2.05, 4.69) is 20.3 Å². The van der Waals surface area contributed by atoms with E-state index in [9.17, 15) is 0 Å². The number of hydrogen-bond donors (Lipinski definition) is 1. The van der Waals surface area contributed by atoms with Crippen molar-refractivity contribution in [2.45, 2.75) is 6.42 Å². The Hall–Kier alpha value is -2.01.